The summed E-state index contributed by atoms with van der Waals surface area (Å²) >= 11 is 14.2. The normalized spacial score (nSPS) is 14.7. The minimum atomic E-state index is -1.55. The van der Waals surface area contributed by atoms with E-state index in [4.69, 9.17) is 46.9 Å². The first-order valence-electron chi connectivity index (χ1n) is 20.8. The van der Waals surface area contributed by atoms with Gasteiger partial charge in [-0.15, -0.1) is 0 Å². The van der Waals surface area contributed by atoms with Crippen LogP contribution in [0.15, 0.2) is 42.5 Å². The van der Waals surface area contributed by atoms with E-state index in [0.29, 0.717) is 64.1 Å². The molecule has 347 valence electrons. The summed E-state index contributed by atoms with van der Waals surface area (Å²) < 4.78 is 29.9. The number of anilines is 2. The molecule has 0 aromatic heterocycles. The maximum Gasteiger partial charge on any atom is 0.341 e. The summed E-state index contributed by atoms with van der Waals surface area (Å²) in [5.74, 6) is 0.130. The summed E-state index contributed by atoms with van der Waals surface area (Å²) in [6, 6.07) is 12.1. The fourth-order valence-electron chi connectivity index (χ4n) is 8.27. The van der Waals surface area contributed by atoms with Gasteiger partial charge in [0.2, 0.25) is 5.91 Å². The van der Waals surface area contributed by atoms with Crippen molar-refractivity contribution < 1.29 is 63.3 Å². The molecule has 0 atom stereocenters. The van der Waals surface area contributed by atoms with Gasteiger partial charge in [-0.3, -0.25) is 19.3 Å². The summed E-state index contributed by atoms with van der Waals surface area (Å²) in [6.45, 7) is 9.56. The van der Waals surface area contributed by atoms with Crippen LogP contribution < -0.4 is 45.5 Å². The fraction of sp³-hybridized carbons (Fsp3) is 0.370. The Bertz CT molecular complexity index is 2420. The second kappa shape index (κ2) is 20.9. The van der Waals surface area contributed by atoms with Crippen molar-refractivity contribution >= 4 is 58.3 Å². The number of nitrogens with one attached hydrogen (secondary N) is 5. The summed E-state index contributed by atoms with van der Waals surface area (Å²) in [4.78, 5) is 57.2. The van der Waals surface area contributed by atoms with Crippen LogP contribution in [-0.2, 0) is 46.9 Å². The van der Waals surface area contributed by atoms with Gasteiger partial charge in [-0.05, 0) is 50.2 Å². The van der Waals surface area contributed by atoms with Gasteiger partial charge >= 0.3 is 5.97 Å². The maximum absolute atomic E-state index is 14.1. The third-order valence-corrected chi connectivity index (χ3v) is 12.4. The Morgan fingerprint density at radius 3 is 1.94 bits per heavy atom. The number of likely N-dealkylation sites (N-methyl/N-ethyl adjacent to an activating group) is 1. The van der Waals surface area contributed by atoms with Gasteiger partial charge in [-0.1, -0.05) is 29.6 Å². The number of esters is 1. The van der Waals surface area contributed by atoms with E-state index in [0.717, 1.165) is 48.7 Å². The van der Waals surface area contributed by atoms with Crippen LogP contribution in [0.25, 0.3) is 0 Å². The molecule has 3 heterocycles. The molecule has 1 saturated heterocycles. The number of piperazine rings is 1. The second-order valence-electron chi connectivity index (χ2n) is 15.7. The van der Waals surface area contributed by atoms with Crippen LogP contribution in [0.5, 0.6) is 28.7 Å². The summed E-state index contributed by atoms with van der Waals surface area (Å²) in [7, 11) is 8.59. The predicted octanol–water partition coefficient (Wildman–Crippen LogP) is 5.62. The minimum absolute atomic E-state index is 0. The second-order valence-corrected chi connectivity index (χ2v) is 16.5. The molecule has 4 aromatic rings. The molecule has 5 N–H and O–H groups in total. The van der Waals surface area contributed by atoms with Gasteiger partial charge in [0.25, 0.3) is 5.91 Å². The van der Waals surface area contributed by atoms with Crippen molar-refractivity contribution in [3.8, 4) is 28.7 Å². The topological polar surface area (TPSA) is 181 Å². The number of methoxy groups -OCH3 is 2. The van der Waals surface area contributed by atoms with Gasteiger partial charge in [0.15, 0.2) is 11.5 Å². The zero-order valence-electron chi connectivity index (χ0n) is 37.2. The Morgan fingerprint density at radius 1 is 0.815 bits per heavy atom. The molecule has 3 aliphatic rings. The van der Waals surface area contributed by atoms with Gasteiger partial charge in [0.1, 0.15) is 23.0 Å². The number of hydrogen-bond acceptors (Lipinski definition) is 13. The van der Waals surface area contributed by atoms with Crippen LogP contribution in [-0.4, -0.2) is 115 Å². The van der Waals surface area contributed by atoms with E-state index in [1.54, 1.807) is 12.1 Å². The molecule has 3 amide bonds. The van der Waals surface area contributed by atoms with Crippen LogP contribution in [0.4, 0.5) is 11.4 Å². The summed E-state index contributed by atoms with van der Waals surface area (Å²) in [5, 5.41) is 14.8. The standard InChI is InChI=1S/C46H52Cl2N7O9.Re/c1-25-16-30-37(21-33(25)49-3)63-38-22-34(50-4)26(2)17-31(38)46(30)42-32(47)20-28(43(48)41(42)45(59)64-46)44(58)53-23-29-35(60-6)18-27(19-36(29)61-7)62-15-8-39(56)51-9-10-52-40(57)24-55-13-11-54(5)12-14-55;/h15-22,49-50H,8-14,23-24H2,1-7H3,(H,51,56)(H,52,57)(H,53,58);/q-1;. The first kappa shape index (κ1) is 49.2. The van der Waals surface area contributed by atoms with Crippen LogP contribution in [0, 0.1) is 20.5 Å². The van der Waals surface area contributed by atoms with Crippen LogP contribution in [0.1, 0.15) is 60.5 Å². The number of halogens is 2. The van der Waals surface area contributed by atoms with E-state index in [-0.39, 0.29) is 72.9 Å². The molecule has 0 unspecified atom stereocenters. The van der Waals surface area contributed by atoms with Crippen LogP contribution in [0.2, 0.25) is 10.0 Å². The van der Waals surface area contributed by atoms with Crippen LogP contribution >= 0.6 is 23.2 Å². The Balaban J connectivity index is 0.00000700. The number of amides is 3. The molecule has 4 aromatic carbocycles. The van der Waals surface area contributed by atoms with E-state index in [2.05, 4.69) is 43.4 Å². The Labute approximate surface area is 401 Å². The number of carbonyl (C=O) groups is 4. The number of benzene rings is 4. The van der Waals surface area contributed by atoms with Crippen molar-refractivity contribution in [2.24, 2.45) is 0 Å². The third-order valence-electron chi connectivity index (χ3n) is 11.7. The monoisotopic (exact) mass is 1100 g/mol. The SMILES string of the molecule is CNc1cc2c(cc1C)C1(OC(=O)c3c(Cl)c(C(=O)NCc4c(OC)cc(O[CH-]CC(=O)NCCNC(=O)CN5CCN(C)CC5)cc4OC)cc(Cl)c31)c1cc(C)c(NC)cc1O2.[Re]. The quantitative estimate of drug-likeness (QED) is 0.0531. The van der Waals surface area contributed by atoms with E-state index in [9.17, 15) is 19.2 Å². The Morgan fingerprint density at radius 2 is 1.38 bits per heavy atom. The average molecular weight is 1100 g/mol. The Hall–Kier alpha value is -5.28. The number of aryl methyl sites for hydroxylation is 2. The van der Waals surface area contributed by atoms with Crippen molar-refractivity contribution in [2.75, 3.05) is 91.8 Å². The smallest absolute Gasteiger partial charge is 0.341 e. The first-order valence-corrected chi connectivity index (χ1v) is 21.5. The number of hydrogen-bond donors (Lipinski definition) is 5. The molecule has 1 spiro atoms. The molecular formula is C46H52Cl2N7O9Re-. The molecule has 1 fully saturated rings. The fourth-order valence-corrected chi connectivity index (χ4v) is 8.91. The number of nitrogens with zero attached hydrogens (tertiary/aromatic N) is 2. The van der Waals surface area contributed by atoms with E-state index in [1.807, 2.05) is 52.2 Å². The van der Waals surface area contributed by atoms with E-state index >= 15 is 0 Å². The molecule has 65 heavy (non-hydrogen) atoms. The molecule has 0 bridgehead atoms. The van der Waals surface area contributed by atoms with Crippen molar-refractivity contribution in [1.29, 1.82) is 0 Å². The van der Waals surface area contributed by atoms with E-state index < -0.39 is 17.5 Å². The molecule has 7 rings (SSSR count). The largest absolute Gasteiger partial charge is 0.662 e. The number of rotatable bonds is 16. The van der Waals surface area contributed by atoms with Gasteiger partial charge < -0.3 is 55.2 Å². The third kappa shape index (κ3) is 9.96. The predicted molar refractivity (Wildman–Crippen MR) is 244 cm³/mol. The van der Waals surface area contributed by atoms with Crippen molar-refractivity contribution in [1.82, 2.24) is 25.8 Å². The molecule has 19 heteroatoms. The number of carbonyl (C=O) groups excluding carboxylic acids is 4. The molecule has 3 aliphatic heterocycles. The maximum atomic E-state index is 14.1. The molecule has 0 aliphatic carbocycles. The van der Waals surface area contributed by atoms with Gasteiger partial charge in [-0.2, -0.15) is 6.61 Å². The molecular weight excluding hydrogens is 1050 g/mol. The van der Waals surface area contributed by atoms with Crippen molar-refractivity contribution in [3.63, 3.8) is 0 Å². The summed E-state index contributed by atoms with van der Waals surface area (Å²) in [6.07, 6.45) is -0.0585. The Kier molecular flexibility index (Phi) is 15.8. The zero-order valence-corrected chi connectivity index (χ0v) is 41.4. The summed E-state index contributed by atoms with van der Waals surface area (Å²) in [5.41, 5.74) is 3.64. The van der Waals surface area contributed by atoms with Crippen molar-refractivity contribution in [3.05, 3.63) is 104 Å². The molecule has 16 nitrogen and oxygen atoms in total. The first-order chi connectivity index (χ1) is 30.7. The molecule has 1 radical (unpaired) electrons. The zero-order chi connectivity index (χ0) is 45.9. The number of fused-ring (bicyclic) bond motifs is 6. The van der Waals surface area contributed by atoms with Gasteiger partial charge in [-0.25, -0.2) is 4.79 Å². The van der Waals surface area contributed by atoms with Crippen molar-refractivity contribution in [2.45, 2.75) is 32.4 Å². The van der Waals surface area contributed by atoms with Crippen LogP contribution in [0.3, 0.4) is 0 Å². The minimum Gasteiger partial charge on any atom is -0.662 e. The van der Waals surface area contributed by atoms with Gasteiger partial charge in [0, 0.05) is 126 Å². The average Bonchev–Trinajstić information content (AvgIpc) is 3.60. The van der Waals surface area contributed by atoms with Gasteiger partial charge in [0.05, 0.1) is 59.8 Å². The molecule has 0 saturated carbocycles. The van der Waals surface area contributed by atoms with E-state index in [1.165, 1.54) is 26.9 Å². The number of ether oxygens (including phenoxy) is 5.